The molecule has 10 nitrogen and oxygen atoms in total. The predicted octanol–water partition coefficient (Wildman–Crippen LogP) is 1.07. The second kappa shape index (κ2) is 7.36. The van der Waals surface area contributed by atoms with E-state index in [9.17, 15) is 9.59 Å². The first-order valence-electron chi connectivity index (χ1n) is 9.97. The summed E-state index contributed by atoms with van der Waals surface area (Å²) in [6.07, 6.45) is 3.99. The number of hydrogen-bond acceptors (Lipinski definition) is 8. The summed E-state index contributed by atoms with van der Waals surface area (Å²) in [7, 11) is 1.54. The lowest BCUT2D eigenvalue weighted by molar-refractivity contribution is 0.0738. The molecule has 3 aromatic heterocycles. The number of pyridine rings is 1. The Hall–Kier alpha value is -3.56. The summed E-state index contributed by atoms with van der Waals surface area (Å²) < 4.78 is 6.49. The summed E-state index contributed by atoms with van der Waals surface area (Å²) in [6, 6.07) is 6.72. The molecule has 0 unspecified atom stereocenters. The van der Waals surface area contributed by atoms with Gasteiger partial charge >= 0.3 is 0 Å². The van der Waals surface area contributed by atoms with Gasteiger partial charge in [0.05, 0.1) is 0 Å². The molecule has 3 aromatic rings. The second-order valence-corrected chi connectivity index (χ2v) is 7.60. The SMILES string of the molecule is Cn1nc(C(=O)N2CCN(c3ccc(-c4noc(C5CC5)n4)cn3)CC2)ccc1=O. The van der Waals surface area contributed by atoms with Crippen molar-refractivity contribution >= 4 is 11.7 Å². The molecule has 154 valence electrons. The quantitative estimate of drug-likeness (QED) is 0.631. The van der Waals surface area contributed by atoms with Crippen LogP contribution in [0.1, 0.15) is 35.1 Å². The number of anilines is 1. The molecule has 1 aliphatic heterocycles. The fourth-order valence-electron chi connectivity index (χ4n) is 3.47. The summed E-state index contributed by atoms with van der Waals surface area (Å²) in [6.45, 7) is 2.44. The predicted molar refractivity (Wildman–Crippen MR) is 107 cm³/mol. The standard InChI is InChI=1S/C20H21N7O3/c1-25-17(28)7-5-15(23-25)20(29)27-10-8-26(9-11-27)16-6-4-14(12-21-16)18-22-19(30-24-18)13-2-3-13/h4-7,12-13H,2-3,8-11H2,1H3. The van der Waals surface area contributed by atoms with Crippen molar-refractivity contribution in [2.24, 2.45) is 7.05 Å². The van der Waals surface area contributed by atoms with Gasteiger partial charge in [0.1, 0.15) is 11.5 Å². The lowest BCUT2D eigenvalue weighted by Gasteiger charge is -2.35. The maximum atomic E-state index is 12.7. The Morgan fingerprint density at radius 3 is 2.57 bits per heavy atom. The number of amides is 1. The van der Waals surface area contributed by atoms with Crippen LogP contribution >= 0.6 is 0 Å². The van der Waals surface area contributed by atoms with Crippen LogP contribution in [0.25, 0.3) is 11.4 Å². The van der Waals surface area contributed by atoms with E-state index in [4.69, 9.17) is 4.52 Å². The first kappa shape index (κ1) is 18.5. The third-order valence-electron chi connectivity index (χ3n) is 5.44. The molecule has 0 atom stereocenters. The van der Waals surface area contributed by atoms with Gasteiger partial charge in [-0.2, -0.15) is 10.1 Å². The van der Waals surface area contributed by atoms with Gasteiger partial charge in [0.25, 0.3) is 11.5 Å². The molecule has 2 aliphatic rings. The van der Waals surface area contributed by atoms with Crippen LogP contribution < -0.4 is 10.5 Å². The minimum atomic E-state index is -0.240. The van der Waals surface area contributed by atoms with Crippen molar-refractivity contribution in [3.63, 3.8) is 0 Å². The third kappa shape index (κ3) is 3.56. The van der Waals surface area contributed by atoms with Crippen molar-refractivity contribution in [3.8, 4) is 11.4 Å². The van der Waals surface area contributed by atoms with Crippen LogP contribution in [0.15, 0.2) is 39.8 Å². The molecule has 30 heavy (non-hydrogen) atoms. The van der Waals surface area contributed by atoms with Crippen LogP contribution in [-0.4, -0.2) is 61.9 Å². The van der Waals surface area contributed by atoms with E-state index in [1.807, 2.05) is 12.1 Å². The Balaban J connectivity index is 1.22. The van der Waals surface area contributed by atoms with E-state index in [0.717, 1.165) is 24.2 Å². The zero-order valence-electron chi connectivity index (χ0n) is 16.6. The monoisotopic (exact) mass is 407 g/mol. The molecular weight excluding hydrogens is 386 g/mol. The number of nitrogens with zero attached hydrogens (tertiary/aromatic N) is 7. The van der Waals surface area contributed by atoms with Crippen molar-refractivity contribution in [1.29, 1.82) is 0 Å². The summed E-state index contributed by atoms with van der Waals surface area (Å²) >= 11 is 0. The highest BCUT2D eigenvalue weighted by Gasteiger charge is 2.30. The minimum Gasteiger partial charge on any atom is -0.353 e. The zero-order chi connectivity index (χ0) is 20.7. The van der Waals surface area contributed by atoms with Crippen LogP contribution in [0.3, 0.4) is 0 Å². The van der Waals surface area contributed by atoms with Crippen molar-refractivity contribution < 1.29 is 9.32 Å². The molecule has 1 aliphatic carbocycles. The van der Waals surface area contributed by atoms with E-state index in [1.54, 1.807) is 11.1 Å². The first-order chi connectivity index (χ1) is 14.6. The van der Waals surface area contributed by atoms with E-state index < -0.39 is 0 Å². The number of rotatable bonds is 4. The molecule has 0 bridgehead atoms. The van der Waals surface area contributed by atoms with Crippen LogP contribution in [0.5, 0.6) is 0 Å². The zero-order valence-corrected chi connectivity index (χ0v) is 16.6. The largest absolute Gasteiger partial charge is 0.353 e. The summed E-state index contributed by atoms with van der Waals surface area (Å²) in [5, 5.41) is 8.10. The maximum Gasteiger partial charge on any atom is 0.274 e. The van der Waals surface area contributed by atoms with Gasteiger partial charge < -0.3 is 14.3 Å². The smallest absolute Gasteiger partial charge is 0.274 e. The van der Waals surface area contributed by atoms with Gasteiger partial charge in [-0.15, -0.1) is 0 Å². The van der Waals surface area contributed by atoms with Gasteiger partial charge in [-0.3, -0.25) is 9.59 Å². The molecule has 4 heterocycles. The number of aromatic nitrogens is 5. The highest BCUT2D eigenvalue weighted by atomic mass is 16.5. The topological polar surface area (TPSA) is 110 Å². The summed E-state index contributed by atoms with van der Waals surface area (Å²) in [5.41, 5.74) is 0.859. The number of carbonyl (C=O) groups is 1. The third-order valence-corrected chi connectivity index (χ3v) is 5.44. The molecule has 2 fully saturated rings. The molecule has 0 N–H and O–H groups in total. The second-order valence-electron chi connectivity index (χ2n) is 7.60. The molecule has 0 radical (unpaired) electrons. The molecule has 0 aromatic carbocycles. The van der Waals surface area contributed by atoms with Crippen molar-refractivity contribution in [3.05, 3.63) is 52.4 Å². The van der Waals surface area contributed by atoms with Gasteiger partial charge in [0.15, 0.2) is 0 Å². The highest BCUT2D eigenvalue weighted by molar-refractivity contribution is 5.92. The van der Waals surface area contributed by atoms with E-state index >= 15 is 0 Å². The fraction of sp³-hybridized carbons (Fsp3) is 0.400. The van der Waals surface area contributed by atoms with Crippen LogP contribution in [0.4, 0.5) is 5.82 Å². The van der Waals surface area contributed by atoms with Gasteiger partial charge in [-0.05, 0) is 31.0 Å². The van der Waals surface area contributed by atoms with Crippen molar-refractivity contribution in [2.45, 2.75) is 18.8 Å². The van der Waals surface area contributed by atoms with Crippen LogP contribution in [-0.2, 0) is 7.05 Å². The van der Waals surface area contributed by atoms with Gasteiger partial charge in [-0.25, -0.2) is 9.67 Å². The average molecular weight is 407 g/mol. The average Bonchev–Trinajstić information content (AvgIpc) is 3.52. The summed E-state index contributed by atoms with van der Waals surface area (Å²) in [5.74, 6) is 2.38. The molecule has 1 saturated carbocycles. The fourth-order valence-corrected chi connectivity index (χ4v) is 3.47. The Labute approximate surface area is 172 Å². The number of hydrogen-bond donors (Lipinski definition) is 0. The lowest BCUT2D eigenvalue weighted by atomic mass is 10.2. The van der Waals surface area contributed by atoms with Gasteiger partial charge in [0.2, 0.25) is 11.7 Å². The number of carbonyl (C=O) groups excluding carboxylic acids is 1. The Morgan fingerprint density at radius 1 is 1.10 bits per heavy atom. The normalized spacial score (nSPS) is 16.7. The van der Waals surface area contributed by atoms with Crippen molar-refractivity contribution in [2.75, 3.05) is 31.1 Å². The molecule has 5 rings (SSSR count). The summed E-state index contributed by atoms with van der Waals surface area (Å²) in [4.78, 5) is 37.0. The van der Waals surface area contributed by atoms with Gasteiger partial charge in [0, 0.05) is 57.0 Å². The van der Waals surface area contributed by atoms with Crippen molar-refractivity contribution in [1.82, 2.24) is 29.8 Å². The minimum absolute atomic E-state index is 0.169. The molecule has 1 amide bonds. The maximum absolute atomic E-state index is 12.7. The Bertz CT molecular complexity index is 1130. The lowest BCUT2D eigenvalue weighted by Crippen LogP contribution is -2.49. The number of aryl methyl sites for hydroxylation is 1. The van der Waals surface area contributed by atoms with E-state index in [-0.39, 0.29) is 17.2 Å². The Kier molecular flexibility index (Phi) is 4.53. The Morgan fingerprint density at radius 2 is 1.90 bits per heavy atom. The van der Waals surface area contributed by atoms with E-state index in [0.29, 0.717) is 43.8 Å². The van der Waals surface area contributed by atoms with Crippen LogP contribution in [0, 0.1) is 0 Å². The van der Waals surface area contributed by atoms with Gasteiger partial charge in [-0.1, -0.05) is 5.16 Å². The van der Waals surface area contributed by atoms with Crippen LogP contribution in [0.2, 0.25) is 0 Å². The molecule has 10 heteroatoms. The van der Waals surface area contributed by atoms with E-state index in [1.165, 1.54) is 23.9 Å². The number of piperazine rings is 1. The molecule has 0 spiro atoms. The molecule has 1 saturated heterocycles. The van der Waals surface area contributed by atoms with E-state index in [2.05, 4.69) is 25.1 Å². The molecular formula is C20H21N7O3. The highest BCUT2D eigenvalue weighted by Crippen LogP contribution is 2.39. The first-order valence-corrected chi connectivity index (χ1v) is 9.97.